The molecule has 0 radical (unpaired) electrons. The number of thiazole rings is 1. The van der Waals surface area contributed by atoms with Crippen LogP contribution in [0.1, 0.15) is 45.4 Å². The summed E-state index contributed by atoms with van der Waals surface area (Å²) in [6, 6.07) is 9.99. The normalized spacial score (nSPS) is 12.0. The molecular formula is C19H23N5OS2. The average Bonchev–Trinajstić information content (AvgIpc) is 3.23. The molecule has 8 heteroatoms. The second-order valence-corrected chi connectivity index (χ2v) is 8.49. The van der Waals surface area contributed by atoms with Crippen LogP contribution >= 0.6 is 22.7 Å². The Kier molecular flexibility index (Phi) is 6.52. The van der Waals surface area contributed by atoms with E-state index in [2.05, 4.69) is 44.9 Å². The molecule has 0 aliphatic rings. The van der Waals surface area contributed by atoms with E-state index < -0.39 is 0 Å². The number of nitrogens with one attached hydrogen (secondary N) is 2. The standard InChI is InChI=1S/C19H23N5OS2/c1-4-15(14-8-6-5-7-9-14)17-23-24-19(27-17)22-18(25)20-11-10-16-12(2)21-13(3)26-16/h5-9,15H,4,10-11H2,1-3H3,(H2,20,22,24,25). The molecule has 2 N–H and O–H groups in total. The topological polar surface area (TPSA) is 79.8 Å². The van der Waals surface area contributed by atoms with E-state index in [1.54, 1.807) is 11.3 Å². The van der Waals surface area contributed by atoms with Crippen LogP contribution in [-0.2, 0) is 6.42 Å². The summed E-state index contributed by atoms with van der Waals surface area (Å²) in [6.07, 6.45) is 1.70. The number of urea groups is 1. The number of amides is 2. The summed E-state index contributed by atoms with van der Waals surface area (Å²) in [4.78, 5) is 17.7. The third kappa shape index (κ3) is 5.11. The third-order valence-electron chi connectivity index (χ3n) is 4.21. The second kappa shape index (κ2) is 9.05. The van der Waals surface area contributed by atoms with Gasteiger partial charge in [-0.1, -0.05) is 48.6 Å². The summed E-state index contributed by atoms with van der Waals surface area (Å²) in [7, 11) is 0. The fraction of sp³-hybridized carbons (Fsp3) is 0.368. The van der Waals surface area contributed by atoms with Crippen LogP contribution in [0.15, 0.2) is 30.3 Å². The molecule has 0 aliphatic heterocycles. The minimum atomic E-state index is -0.260. The summed E-state index contributed by atoms with van der Waals surface area (Å²) in [5, 5.41) is 16.5. The van der Waals surface area contributed by atoms with Crippen LogP contribution in [0.4, 0.5) is 9.93 Å². The quantitative estimate of drug-likeness (QED) is 0.610. The summed E-state index contributed by atoms with van der Waals surface area (Å²) in [6.45, 7) is 6.68. The van der Waals surface area contributed by atoms with Gasteiger partial charge in [0, 0.05) is 23.8 Å². The highest BCUT2D eigenvalue weighted by atomic mass is 32.1. The molecule has 142 valence electrons. The molecule has 0 aliphatic carbocycles. The number of aryl methyl sites for hydroxylation is 2. The van der Waals surface area contributed by atoms with E-state index in [-0.39, 0.29) is 11.9 Å². The Hall–Kier alpha value is -2.32. The van der Waals surface area contributed by atoms with Crippen molar-refractivity contribution in [2.75, 3.05) is 11.9 Å². The first-order valence-electron chi connectivity index (χ1n) is 8.93. The first-order chi connectivity index (χ1) is 13.1. The highest BCUT2D eigenvalue weighted by Gasteiger charge is 2.18. The number of hydrogen-bond donors (Lipinski definition) is 2. The zero-order chi connectivity index (χ0) is 19.2. The van der Waals surface area contributed by atoms with E-state index in [1.807, 2.05) is 32.0 Å². The van der Waals surface area contributed by atoms with E-state index in [4.69, 9.17) is 0 Å². The molecule has 3 rings (SSSR count). The van der Waals surface area contributed by atoms with E-state index in [9.17, 15) is 4.79 Å². The molecule has 2 aromatic heterocycles. The molecular weight excluding hydrogens is 378 g/mol. The number of carbonyl (C=O) groups excluding carboxylic acids is 1. The lowest BCUT2D eigenvalue weighted by Crippen LogP contribution is -2.30. The zero-order valence-electron chi connectivity index (χ0n) is 15.7. The highest BCUT2D eigenvalue weighted by Crippen LogP contribution is 2.31. The largest absolute Gasteiger partial charge is 0.337 e. The minimum absolute atomic E-state index is 0.194. The third-order valence-corrected chi connectivity index (χ3v) is 6.29. The summed E-state index contributed by atoms with van der Waals surface area (Å²) in [5.41, 5.74) is 2.25. The number of nitrogens with zero attached hydrogens (tertiary/aromatic N) is 3. The molecule has 1 atom stereocenters. The van der Waals surface area contributed by atoms with Crippen molar-refractivity contribution in [3.8, 4) is 0 Å². The van der Waals surface area contributed by atoms with Crippen molar-refractivity contribution < 1.29 is 4.79 Å². The van der Waals surface area contributed by atoms with Crippen LogP contribution in [0.2, 0.25) is 0 Å². The summed E-state index contributed by atoms with van der Waals surface area (Å²) in [5.74, 6) is 0.194. The van der Waals surface area contributed by atoms with Crippen molar-refractivity contribution in [3.05, 3.63) is 56.5 Å². The molecule has 0 spiro atoms. The molecule has 0 bridgehead atoms. The fourth-order valence-electron chi connectivity index (χ4n) is 2.90. The zero-order valence-corrected chi connectivity index (χ0v) is 17.3. The minimum Gasteiger partial charge on any atom is -0.337 e. The van der Waals surface area contributed by atoms with Crippen LogP contribution < -0.4 is 10.6 Å². The van der Waals surface area contributed by atoms with Gasteiger partial charge in [0.15, 0.2) is 0 Å². The number of benzene rings is 1. The number of aromatic nitrogens is 3. The number of anilines is 1. The van der Waals surface area contributed by atoms with Crippen LogP contribution in [0, 0.1) is 13.8 Å². The molecule has 6 nitrogen and oxygen atoms in total. The van der Waals surface area contributed by atoms with Crippen molar-refractivity contribution in [1.29, 1.82) is 0 Å². The van der Waals surface area contributed by atoms with E-state index >= 15 is 0 Å². The maximum Gasteiger partial charge on any atom is 0.321 e. The smallest absolute Gasteiger partial charge is 0.321 e. The van der Waals surface area contributed by atoms with Crippen LogP contribution in [0.25, 0.3) is 0 Å². The Balaban J connectivity index is 1.54. The predicted octanol–water partition coefficient (Wildman–Crippen LogP) is 4.52. The van der Waals surface area contributed by atoms with Gasteiger partial charge in [-0.2, -0.15) is 0 Å². The molecule has 2 amide bonds. The lowest BCUT2D eigenvalue weighted by Gasteiger charge is -2.11. The number of rotatable bonds is 7. The second-order valence-electron chi connectivity index (χ2n) is 6.19. The maximum absolute atomic E-state index is 12.1. The average molecular weight is 402 g/mol. The van der Waals surface area contributed by atoms with Crippen molar-refractivity contribution in [2.24, 2.45) is 0 Å². The van der Waals surface area contributed by atoms with Crippen molar-refractivity contribution in [3.63, 3.8) is 0 Å². The Morgan fingerprint density at radius 2 is 1.93 bits per heavy atom. The predicted molar refractivity (Wildman–Crippen MR) is 111 cm³/mol. The molecule has 0 saturated carbocycles. The molecule has 1 aromatic carbocycles. The molecule has 0 saturated heterocycles. The number of hydrogen-bond acceptors (Lipinski definition) is 6. The molecule has 0 fully saturated rings. The van der Waals surface area contributed by atoms with Gasteiger partial charge in [-0.15, -0.1) is 21.5 Å². The van der Waals surface area contributed by atoms with Gasteiger partial charge in [-0.3, -0.25) is 5.32 Å². The maximum atomic E-state index is 12.1. The van der Waals surface area contributed by atoms with Gasteiger partial charge in [0.1, 0.15) is 5.01 Å². The van der Waals surface area contributed by atoms with Crippen LogP contribution in [0.3, 0.4) is 0 Å². The van der Waals surface area contributed by atoms with Crippen LogP contribution in [-0.4, -0.2) is 27.8 Å². The van der Waals surface area contributed by atoms with Gasteiger partial charge in [0.25, 0.3) is 0 Å². The van der Waals surface area contributed by atoms with Gasteiger partial charge in [-0.25, -0.2) is 9.78 Å². The monoisotopic (exact) mass is 401 g/mol. The van der Waals surface area contributed by atoms with Crippen molar-refractivity contribution in [1.82, 2.24) is 20.5 Å². The lowest BCUT2D eigenvalue weighted by atomic mass is 9.97. The van der Waals surface area contributed by atoms with Gasteiger partial charge in [0.05, 0.1) is 10.7 Å². The highest BCUT2D eigenvalue weighted by molar-refractivity contribution is 7.15. The van der Waals surface area contributed by atoms with E-state index in [1.165, 1.54) is 21.8 Å². The van der Waals surface area contributed by atoms with Crippen molar-refractivity contribution >= 4 is 33.8 Å². The molecule has 3 aromatic rings. The van der Waals surface area contributed by atoms with Gasteiger partial charge in [-0.05, 0) is 25.8 Å². The Morgan fingerprint density at radius 3 is 2.59 bits per heavy atom. The van der Waals surface area contributed by atoms with E-state index in [0.717, 1.165) is 28.6 Å². The van der Waals surface area contributed by atoms with Gasteiger partial charge in [0.2, 0.25) is 5.13 Å². The van der Waals surface area contributed by atoms with Gasteiger partial charge >= 0.3 is 6.03 Å². The summed E-state index contributed by atoms with van der Waals surface area (Å²) >= 11 is 3.10. The Bertz CT molecular complexity index is 891. The first-order valence-corrected chi connectivity index (χ1v) is 10.6. The molecule has 27 heavy (non-hydrogen) atoms. The SMILES string of the molecule is CCC(c1ccccc1)c1nnc(NC(=O)NCCc2sc(C)nc2C)s1. The number of carbonyl (C=O) groups is 1. The Morgan fingerprint density at radius 1 is 1.15 bits per heavy atom. The summed E-state index contributed by atoms with van der Waals surface area (Å²) < 4.78 is 0. The van der Waals surface area contributed by atoms with Crippen molar-refractivity contribution in [2.45, 2.75) is 39.5 Å². The van der Waals surface area contributed by atoms with E-state index in [0.29, 0.717) is 11.7 Å². The van der Waals surface area contributed by atoms with Crippen LogP contribution in [0.5, 0.6) is 0 Å². The Labute approximate surface area is 167 Å². The van der Waals surface area contributed by atoms with Gasteiger partial charge < -0.3 is 5.32 Å². The fourth-order valence-corrected chi connectivity index (χ4v) is 4.79. The molecule has 2 heterocycles. The first kappa shape index (κ1) is 19.4. The lowest BCUT2D eigenvalue weighted by molar-refractivity contribution is 0.252. The molecule has 1 unspecified atom stereocenters.